The van der Waals surface area contributed by atoms with Crippen LogP contribution in [0.1, 0.15) is 48.9 Å². The van der Waals surface area contributed by atoms with Gasteiger partial charge < -0.3 is 15.1 Å². The number of amides is 1. The maximum Gasteiger partial charge on any atom is 0.227 e. The number of piperidine rings is 1. The van der Waals surface area contributed by atoms with Crippen molar-refractivity contribution in [1.82, 2.24) is 29.5 Å². The lowest BCUT2D eigenvalue weighted by Crippen LogP contribution is -2.51. The molecule has 1 amide bonds. The molecule has 0 radical (unpaired) electrons. The average molecular weight is 460 g/mol. The normalized spacial score (nSPS) is 25.1. The van der Waals surface area contributed by atoms with Crippen LogP contribution in [0, 0.1) is 5.92 Å². The first kappa shape index (κ1) is 22.5. The third-order valence-corrected chi connectivity index (χ3v) is 7.53. The van der Waals surface area contributed by atoms with Crippen molar-refractivity contribution in [2.45, 2.75) is 44.7 Å². The van der Waals surface area contributed by atoms with Crippen molar-refractivity contribution in [2.75, 3.05) is 25.5 Å². The molecule has 8 heteroatoms. The van der Waals surface area contributed by atoms with Crippen LogP contribution in [0.5, 0.6) is 0 Å². The Morgan fingerprint density at radius 2 is 1.91 bits per heavy atom. The number of carbonyl (C=O) groups excluding carboxylic acids is 1. The molecule has 1 N–H and O–H groups in total. The predicted molar refractivity (Wildman–Crippen MR) is 132 cm³/mol. The molecule has 2 aliphatic heterocycles. The Hall–Kier alpha value is -3.26. The summed E-state index contributed by atoms with van der Waals surface area (Å²) in [6.07, 6.45) is 6.41. The van der Waals surface area contributed by atoms with Gasteiger partial charge in [0, 0.05) is 49.8 Å². The summed E-state index contributed by atoms with van der Waals surface area (Å²) in [6.45, 7) is 6.67. The SMILES string of the molecule is C[C@H]1c2cnc(Nc3cnn(C)c3)nc2CN(C(=O)[C@H]2CCN(C)C[C@@H]2c2ccccc2)[C@H]1C. The molecule has 0 bridgehead atoms. The Bertz CT molecular complexity index is 1160. The Balaban J connectivity index is 1.41. The number of aromatic nitrogens is 4. The number of carbonyl (C=O) groups is 1. The van der Waals surface area contributed by atoms with Crippen molar-refractivity contribution in [3.63, 3.8) is 0 Å². The van der Waals surface area contributed by atoms with E-state index in [0.29, 0.717) is 12.5 Å². The lowest BCUT2D eigenvalue weighted by molar-refractivity contribution is -0.141. The third-order valence-electron chi connectivity index (χ3n) is 7.53. The van der Waals surface area contributed by atoms with Crippen LogP contribution in [-0.2, 0) is 18.4 Å². The minimum absolute atomic E-state index is 0.0235. The summed E-state index contributed by atoms with van der Waals surface area (Å²) in [4.78, 5) is 27.8. The van der Waals surface area contributed by atoms with Gasteiger partial charge >= 0.3 is 0 Å². The molecule has 0 saturated carbocycles. The fourth-order valence-corrected chi connectivity index (χ4v) is 5.38. The number of hydrogen-bond donors (Lipinski definition) is 1. The van der Waals surface area contributed by atoms with Crippen LogP contribution >= 0.6 is 0 Å². The first-order valence-electron chi connectivity index (χ1n) is 12.1. The molecule has 8 nitrogen and oxygen atoms in total. The van der Waals surface area contributed by atoms with E-state index in [4.69, 9.17) is 4.98 Å². The molecule has 0 spiro atoms. The van der Waals surface area contributed by atoms with Crippen LogP contribution in [0.2, 0.25) is 0 Å². The first-order valence-corrected chi connectivity index (χ1v) is 12.1. The summed E-state index contributed by atoms with van der Waals surface area (Å²) >= 11 is 0. The van der Waals surface area contributed by atoms with E-state index in [1.807, 2.05) is 25.5 Å². The number of benzene rings is 1. The molecular formula is C26H33N7O. The van der Waals surface area contributed by atoms with Crippen molar-refractivity contribution < 1.29 is 4.79 Å². The number of anilines is 2. The largest absolute Gasteiger partial charge is 0.333 e. The zero-order valence-electron chi connectivity index (χ0n) is 20.3. The van der Waals surface area contributed by atoms with Gasteiger partial charge in [0.25, 0.3) is 0 Å². The molecule has 3 aromatic rings. The van der Waals surface area contributed by atoms with E-state index in [1.54, 1.807) is 10.9 Å². The fourth-order valence-electron chi connectivity index (χ4n) is 5.38. The summed E-state index contributed by atoms with van der Waals surface area (Å²) in [5.74, 6) is 1.12. The van der Waals surface area contributed by atoms with Crippen molar-refractivity contribution in [3.05, 3.63) is 65.7 Å². The Labute approximate surface area is 201 Å². The molecule has 5 rings (SSSR count). The molecule has 2 aliphatic rings. The van der Waals surface area contributed by atoms with Crippen LogP contribution in [0.3, 0.4) is 0 Å². The van der Waals surface area contributed by atoms with Gasteiger partial charge in [-0.1, -0.05) is 37.3 Å². The number of aryl methyl sites for hydroxylation is 1. The Kier molecular flexibility index (Phi) is 6.08. The van der Waals surface area contributed by atoms with Crippen molar-refractivity contribution in [2.24, 2.45) is 13.0 Å². The second-order valence-corrected chi connectivity index (χ2v) is 9.79. The van der Waals surface area contributed by atoms with Crippen LogP contribution in [0.25, 0.3) is 0 Å². The topological polar surface area (TPSA) is 79.2 Å². The zero-order valence-corrected chi connectivity index (χ0v) is 20.3. The second-order valence-electron chi connectivity index (χ2n) is 9.79. The molecule has 0 unspecified atom stereocenters. The van der Waals surface area contributed by atoms with Crippen molar-refractivity contribution in [3.8, 4) is 0 Å². The number of nitrogens with one attached hydrogen (secondary N) is 1. The summed E-state index contributed by atoms with van der Waals surface area (Å²) in [7, 11) is 4.02. The smallest absolute Gasteiger partial charge is 0.227 e. The quantitative estimate of drug-likeness (QED) is 0.643. The monoisotopic (exact) mass is 459 g/mol. The van der Waals surface area contributed by atoms with Gasteiger partial charge in [0.2, 0.25) is 11.9 Å². The standard InChI is InChI=1S/C26H33N7O/c1-17-18(2)33(16-24-22(17)13-27-26(30-24)29-20-12-28-32(4)14-20)25(34)21-10-11-31(3)15-23(21)19-8-6-5-7-9-19/h5-9,12-14,17-18,21,23H,10-11,15-16H2,1-4H3,(H,27,29,30)/t17-,18+,21+,23-/m1/s1. The fraction of sp³-hybridized carbons (Fsp3) is 0.462. The van der Waals surface area contributed by atoms with Gasteiger partial charge in [-0.2, -0.15) is 5.10 Å². The highest BCUT2D eigenvalue weighted by molar-refractivity contribution is 5.81. The van der Waals surface area contributed by atoms with Gasteiger partial charge in [0.15, 0.2) is 0 Å². The van der Waals surface area contributed by atoms with E-state index in [0.717, 1.165) is 36.5 Å². The predicted octanol–water partition coefficient (Wildman–Crippen LogP) is 3.52. The number of hydrogen-bond acceptors (Lipinski definition) is 6. The molecular weight excluding hydrogens is 426 g/mol. The first-order chi connectivity index (χ1) is 16.4. The molecule has 2 aromatic heterocycles. The van der Waals surface area contributed by atoms with E-state index < -0.39 is 0 Å². The minimum Gasteiger partial charge on any atom is -0.333 e. The maximum atomic E-state index is 14.0. The van der Waals surface area contributed by atoms with E-state index in [2.05, 4.69) is 70.4 Å². The lowest BCUT2D eigenvalue weighted by atomic mass is 9.78. The van der Waals surface area contributed by atoms with Crippen LogP contribution in [0.15, 0.2) is 48.9 Å². The van der Waals surface area contributed by atoms with Gasteiger partial charge in [-0.15, -0.1) is 0 Å². The zero-order chi connectivity index (χ0) is 23.8. The Morgan fingerprint density at radius 3 is 2.65 bits per heavy atom. The molecule has 1 fully saturated rings. The highest BCUT2D eigenvalue weighted by Gasteiger charge is 2.41. The highest BCUT2D eigenvalue weighted by Crippen LogP contribution is 2.38. The molecule has 34 heavy (non-hydrogen) atoms. The van der Waals surface area contributed by atoms with Crippen molar-refractivity contribution >= 4 is 17.5 Å². The molecule has 4 atom stereocenters. The van der Waals surface area contributed by atoms with E-state index in [9.17, 15) is 4.79 Å². The van der Waals surface area contributed by atoms with Gasteiger partial charge in [-0.3, -0.25) is 9.48 Å². The third kappa shape index (κ3) is 4.30. The van der Waals surface area contributed by atoms with Crippen molar-refractivity contribution in [1.29, 1.82) is 0 Å². The van der Waals surface area contributed by atoms with Crippen LogP contribution < -0.4 is 5.32 Å². The number of rotatable bonds is 4. The molecule has 1 saturated heterocycles. The summed E-state index contributed by atoms with van der Waals surface area (Å²) < 4.78 is 1.73. The minimum atomic E-state index is -0.0235. The summed E-state index contributed by atoms with van der Waals surface area (Å²) in [5.41, 5.74) is 4.13. The molecule has 0 aliphatic carbocycles. The summed E-state index contributed by atoms with van der Waals surface area (Å²) in [5, 5.41) is 7.42. The highest BCUT2D eigenvalue weighted by atomic mass is 16.2. The second kappa shape index (κ2) is 9.18. The van der Waals surface area contributed by atoms with E-state index in [1.165, 1.54) is 5.56 Å². The Morgan fingerprint density at radius 1 is 1.12 bits per heavy atom. The number of fused-ring (bicyclic) bond motifs is 1. The number of likely N-dealkylation sites (N-methyl/N-ethyl adjacent to an activating group) is 1. The lowest BCUT2D eigenvalue weighted by Gasteiger charge is -2.43. The molecule has 4 heterocycles. The number of nitrogens with zero attached hydrogens (tertiary/aromatic N) is 6. The van der Waals surface area contributed by atoms with Crippen LogP contribution in [0.4, 0.5) is 11.6 Å². The molecule has 1 aromatic carbocycles. The maximum absolute atomic E-state index is 14.0. The van der Waals surface area contributed by atoms with E-state index >= 15 is 0 Å². The molecule has 178 valence electrons. The van der Waals surface area contributed by atoms with E-state index in [-0.39, 0.29) is 29.7 Å². The number of likely N-dealkylation sites (tertiary alicyclic amines) is 1. The van der Waals surface area contributed by atoms with Gasteiger partial charge in [0.1, 0.15) is 0 Å². The van der Waals surface area contributed by atoms with Gasteiger partial charge in [-0.05, 0) is 38.1 Å². The van der Waals surface area contributed by atoms with Gasteiger partial charge in [-0.25, -0.2) is 9.97 Å². The average Bonchev–Trinajstić information content (AvgIpc) is 3.25. The van der Waals surface area contributed by atoms with Gasteiger partial charge in [0.05, 0.1) is 24.1 Å². The van der Waals surface area contributed by atoms with Crippen LogP contribution in [-0.4, -0.2) is 61.6 Å². The summed E-state index contributed by atoms with van der Waals surface area (Å²) in [6, 6.07) is 10.6.